The predicted molar refractivity (Wildman–Crippen MR) is 56.9 cm³/mol. The summed E-state index contributed by atoms with van der Waals surface area (Å²) in [6.45, 7) is 1.97. The monoisotopic (exact) mass is 233 g/mol. The summed E-state index contributed by atoms with van der Waals surface area (Å²) >= 11 is 5.64. The molecule has 0 spiro atoms. The first kappa shape index (κ1) is 11.5. The van der Waals surface area contributed by atoms with Crippen molar-refractivity contribution < 1.29 is 8.42 Å². The Bertz CT molecular complexity index is 375. The quantitative estimate of drug-likeness (QED) is 0.803. The fraction of sp³-hybridized carbons (Fsp3) is 0.333. The van der Waals surface area contributed by atoms with Crippen LogP contribution in [0.5, 0.6) is 0 Å². The van der Waals surface area contributed by atoms with Gasteiger partial charge in [0.15, 0.2) is 0 Å². The van der Waals surface area contributed by atoms with Crippen molar-refractivity contribution in [2.45, 2.75) is 17.2 Å². The molecular weight excluding hydrogens is 222 g/mol. The van der Waals surface area contributed by atoms with Gasteiger partial charge in [0.05, 0.1) is 4.90 Å². The molecule has 0 saturated heterocycles. The molecule has 14 heavy (non-hydrogen) atoms. The zero-order valence-electron chi connectivity index (χ0n) is 7.77. The first-order valence-corrected chi connectivity index (χ1v) is 6.13. The molecule has 0 fully saturated rings. The van der Waals surface area contributed by atoms with Crippen LogP contribution in [-0.4, -0.2) is 20.3 Å². The lowest BCUT2D eigenvalue weighted by Gasteiger charge is -2.07. The topological polar surface area (TPSA) is 46.2 Å². The fourth-order valence-electron chi connectivity index (χ4n) is 0.908. The van der Waals surface area contributed by atoms with Crippen molar-refractivity contribution >= 4 is 21.6 Å². The molecular formula is C9H12ClNO2S. The minimum absolute atomic E-state index is 0.214. The molecule has 1 aromatic carbocycles. The molecule has 0 aliphatic rings. The molecule has 1 aromatic rings. The molecule has 0 saturated carbocycles. The standard InChI is InChI=1S/C9H12ClNO2S/c1-8(10)7-11-14(12,13)9-5-3-2-4-6-9/h2-6,8,11H,7H2,1H3. The number of benzene rings is 1. The van der Waals surface area contributed by atoms with Crippen molar-refractivity contribution in [1.82, 2.24) is 4.72 Å². The van der Waals surface area contributed by atoms with Crippen LogP contribution in [-0.2, 0) is 10.0 Å². The maximum atomic E-state index is 11.6. The number of sulfonamides is 1. The van der Waals surface area contributed by atoms with Crippen molar-refractivity contribution in [3.63, 3.8) is 0 Å². The van der Waals surface area contributed by atoms with Crippen LogP contribution in [0, 0.1) is 0 Å². The summed E-state index contributed by atoms with van der Waals surface area (Å²) in [5.74, 6) is 0. The predicted octanol–water partition coefficient (Wildman–Crippen LogP) is 1.59. The molecule has 0 aliphatic carbocycles. The second-order valence-corrected chi connectivity index (χ2v) is 5.46. The summed E-state index contributed by atoms with van der Waals surface area (Å²) in [4.78, 5) is 0.261. The van der Waals surface area contributed by atoms with Crippen LogP contribution in [0.1, 0.15) is 6.92 Å². The summed E-state index contributed by atoms with van der Waals surface area (Å²) in [7, 11) is -3.39. The van der Waals surface area contributed by atoms with Gasteiger partial charge in [0, 0.05) is 11.9 Å². The van der Waals surface area contributed by atoms with Gasteiger partial charge in [0.25, 0.3) is 0 Å². The van der Waals surface area contributed by atoms with Crippen molar-refractivity contribution in [2.75, 3.05) is 6.54 Å². The molecule has 0 aromatic heterocycles. The summed E-state index contributed by atoms with van der Waals surface area (Å²) < 4.78 is 25.5. The molecule has 0 bridgehead atoms. The molecule has 1 unspecified atom stereocenters. The van der Waals surface area contributed by atoms with Gasteiger partial charge in [0.1, 0.15) is 0 Å². The smallest absolute Gasteiger partial charge is 0.210 e. The summed E-state index contributed by atoms with van der Waals surface area (Å²) in [5.41, 5.74) is 0. The Kier molecular flexibility index (Phi) is 3.92. The van der Waals surface area contributed by atoms with E-state index in [4.69, 9.17) is 11.6 Å². The van der Waals surface area contributed by atoms with Crippen molar-refractivity contribution in [2.24, 2.45) is 0 Å². The first-order valence-electron chi connectivity index (χ1n) is 4.21. The molecule has 5 heteroatoms. The SMILES string of the molecule is CC(Cl)CNS(=O)(=O)c1ccccc1. The largest absolute Gasteiger partial charge is 0.240 e. The molecule has 0 heterocycles. The van der Waals surface area contributed by atoms with E-state index in [0.29, 0.717) is 0 Å². The van der Waals surface area contributed by atoms with Gasteiger partial charge < -0.3 is 0 Å². The Morgan fingerprint density at radius 3 is 2.43 bits per heavy atom. The normalized spacial score (nSPS) is 13.9. The zero-order chi connectivity index (χ0) is 10.6. The minimum Gasteiger partial charge on any atom is -0.210 e. The molecule has 0 aliphatic heterocycles. The van der Waals surface area contributed by atoms with E-state index >= 15 is 0 Å². The molecule has 3 nitrogen and oxygen atoms in total. The number of nitrogens with one attached hydrogen (secondary N) is 1. The van der Waals surface area contributed by atoms with E-state index in [1.165, 1.54) is 0 Å². The van der Waals surface area contributed by atoms with Crippen LogP contribution in [0.25, 0.3) is 0 Å². The highest BCUT2D eigenvalue weighted by Crippen LogP contribution is 2.07. The average molecular weight is 234 g/mol. The summed E-state index contributed by atoms with van der Waals surface area (Å²) in [6.07, 6.45) is 0. The minimum atomic E-state index is -3.39. The maximum Gasteiger partial charge on any atom is 0.240 e. The lowest BCUT2D eigenvalue weighted by molar-refractivity contribution is 0.581. The van der Waals surface area contributed by atoms with Crippen LogP contribution in [0.15, 0.2) is 35.2 Å². The third kappa shape index (κ3) is 3.29. The summed E-state index contributed by atoms with van der Waals surface area (Å²) in [5, 5.41) is -0.214. The van der Waals surface area contributed by atoms with E-state index in [9.17, 15) is 8.42 Å². The number of hydrogen-bond donors (Lipinski definition) is 1. The van der Waals surface area contributed by atoms with Crippen LogP contribution >= 0.6 is 11.6 Å². The molecule has 78 valence electrons. The highest BCUT2D eigenvalue weighted by Gasteiger charge is 2.13. The second-order valence-electron chi connectivity index (χ2n) is 2.95. The highest BCUT2D eigenvalue weighted by atomic mass is 35.5. The lowest BCUT2D eigenvalue weighted by atomic mass is 10.4. The van der Waals surface area contributed by atoms with Crippen molar-refractivity contribution in [1.29, 1.82) is 0 Å². The average Bonchev–Trinajstić information content (AvgIpc) is 2.16. The number of rotatable bonds is 4. The van der Waals surface area contributed by atoms with E-state index in [2.05, 4.69) is 4.72 Å². The van der Waals surface area contributed by atoms with Gasteiger partial charge >= 0.3 is 0 Å². The van der Waals surface area contributed by atoms with E-state index < -0.39 is 10.0 Å². The Morgan fingerprint density at radius 1 is 1.36 bits per heavy atom. The van der Waals surface area contributed by atoms with E-state index in [1.54, 1.807) is 37.3 Å². The van der Waals surface area contributed by atoms with E-state index in [1.807, 2.05) is 0 Å². The lowest BCUT2D eigenvalue weighted by Crippen LogP contribution is -2.28. The number of halogens is 1. The fourth-order valence-corrected chi connectivity index (χ4v) is 2.23. The van der Waals surface area contributed by atoms with Crippen LogP contribution in [0.4, 0.5) is 0 Å². The zero-order valence-corrected chi connectivity index (χ0v) is 9.35. The molecule has 1 atom stereocenters. The Morgan fingerprint density at radius 2 is 1.93 bits per heavy atom. The third-order valence-electron chi connectivity index (χ3n) is 1.61. The third-order valence-corrected chi connectivity index (χ3v) is 3.20. The van der Waals surface area contributed by atoms with Gasteiger partial charge in [-0.25, -0.2) is 13.1 Å². The highest BCUT2D eigenvalue weighted by molar-refractivity contribution is 7.89. The van der Waals surface area contributed by atoms with Crippen LogP contribution in [0.2, 0.25) is 0 Å². The number of hydrogen-bond acceptors (Lipinski definition) is 2. The van der Waals surface area contributed by atoms with Gasteiger partial charge in [-0.2, -0.15) is 0 Å². The second kappa shape index (κ2) is 4.77. The Balaban J connectivity index is 2.77. The van der Waals surface area contributed by atoms with Gasteiger partial charge in [-0.3, -0.25) is 0 Å². The van der Waals surface area contributed by atoms with E-state index in [0.717, 1.165) is 0 Å². The van der Waals surface area contributed by atoms with Crippen LogP contribution in [0.3, 0.4) is 0 Å². The van der Waals surface area contributed by atoms with Crippen molar-refractivity contribution in [3.05, 3.63) is 30.3 Å². The number of alkyl halides is 1. The van der Waals surface area contributed by atoms with Gasteiger partial charge in [-0.05, 0) is 19.1 Å². The molecule has 1 rings (SSSR count). The molecule has 0 amide bonds. The molecule has 0 radical (unpaired) electrons. The summed E-state index contributed by atoms with van der Waals surface area (Å²) in [6, 6.07) is 8.21. The first-order chi connectivity index (χ1) is 6.52. The molecule has 1 N–H and O–H groups in total. The van der Waals surface area contributed by atoms with Gasteiger partial charge in [-0.15, -0.1) is 11.6 Å². The Hall–Kier alpha value is -0.580. The van der Waals surface area contributed by atoms with Gasteiger partial charge in [-0.1, -0.05) is 18.2 Å². The maximum absolute atomic E-state index is 11.6. The van der Waals surface area contributed by atoms with Crippen LogP contribution < -0.4 is 4.72 Å². The Labute approximate surface area is 89.1 Å². The van der Waals surface area contributed by atoms with E-state index in [-0.39, 0.29) is 16.8 Å². The van der Waals surface area contributed by atoms with Gasteiger partial charge in [0.2, 0.25) is 10.0 Å². The van der Waals surface area contributed by atoms with Crippen molar-refractivity contribution in [3.8, 4) is 0 Å².